The summed E-state index contributed by atoms with van der Waals surface area (Å²) in [5.41, 5.74) is 2.69. The monoisotopic (exact) mass is 339 g/mol. The fraction of sp³-hybridized carbons (Fsp3) is 0.412. The Hall–Kier alpha value is -1.26. The van der Waals surface area contributed by atoms with Crippen molar-refractivity contribution in [3.05, 3.63) is 52.6 Å². The Morgan fingerprint density at radius 1 is 1.32 bits per heavy atom. The first kappa shape index (κ1) is 17.1. The Balaban J connectivity index is 2.34. The van der Waals surface area contributed by atoms with E-state index in [0.29, 0.717) is 23.1 Å². The molecule has 0 fully saturated rings. The van der Waals surface area contributed by atoms with E-state index >= 15 is 0 Å². The van der Waals surface area contributed by atoms with Crippen LogP contribution in [-0.4, -0.2) is 13.2 Å². The molecule has 120 valence electrons. The van der Waals surface area contributed by atoms with Gasteiger partial charge in [0.15, 0.2) is 0 Å². The summed E-state index contributed by atoms with van der Waals surface area (Å²) < 4.78 is 27.1. The molecular formula is C17H22ClNO2S. The van der Waals surface area contributed by atoms with Crippen LogP contribution in [0.25, 0.3) is 0 Å². The van der Waals surface area contributed by atoms with Gasteiger partial charge in [0.1, 0.15) is 4.75 Å². The minimum Gasteiger partial charge on any atom is -0.283 e. The normalized spacial score (nSPS) is 21.8. The zero-order valence-corrected chi connectivity index (χ0v) is 14.9. The van der Waals surface area contributed by atoms with Crippen molar-refractivity contribution in [1.82, 2.24) is 0 Å². The number of anilines is 1. The molecule has 0 bridgehead atoms. The molecule has 0 spiro atoms. The minimum absolute atomic E-state index is 0.332. The number of benzene rings is 1. The van der Waals surface area contributed by atoms with E-state index in [-0.39, 0.29) is 0 Å². The molecule has 1 atom stereocenters. The standard InChI is InChI=1S/C17H22ClNO2S/c1-12(2)14-8-9-15(13(3)11-14)19-22(20,21)17(4)10-6-5-7-16(17)18/h5-9,11-12,19H,10H2,1-4H3/t17-/m1/s1. The van der Waals surface area contributed by atoms with Gasteiger partial charge in [-0.2, -0.15) is 0 Å². The van der Waals surface area contributed by atoms with Crippen molar-refractivity contribution in [2.45, 2.75) is 44.8 Å². The number of aryl methyl sites for hydroxylation is 1. The van der Waals surface area contributed by atoms with E-state index in [1.165, 1.54) is 5.56 Å². The molecule has 2 rings (SSSR count). The highest BCUT2D eigenvalue weighted by molar-refractivity contribution is 7.94. The highest BCUT2D eigenvalue weighted by Crippen LogP contribution is 2.37. The number of hydrogen-bond acceptors (Lipinski definition) is 2. The third-order valence-corrected chi connectivity index (χ3v) is 6.86. The lowest BCUT2D eigenvalue weighted by Crippen LogP contribution is -2.40. The molecular weight excluding hydrogens is 318 g/mol. The van der Waals surface area contributed by atoms with Crippen LogP contribution in [0.3, 0.4) is 0 Å². The Morgan fingerprint density at radius 3 is 2.55 bits per heavy atom. The van der Waals surface area contributed by atoms with Gasteiger partial charge < -0.3 is 0 Å². The average Bonchev–Trinajstić information content (AvgIpc) is 2.43. The number of sulfonamides is 1. The van der Waals surface area contributed by atoms with Gasteiger partial charge in [0.05, 0.1) is 5.69 Å². The third kappa shape index (κ3) is 3.08. The van der Waals surface area contributed by atoms with E-state index in [9.17, 15) is 8.42 Å². The summed E-state index contributed by atoms with van der Waals surface area (Å²) in [5.74, 6) is 0.405. The number of nitrogens with one attached hydrogen (secondary N) is 1. The Kier molecular flexibility index (Phi) is 4.73. The van der Waals surface area contributed by atoms with Gasteiger partial charge in [0.25, 0.3) is 0 Å². The first-order valence-electron chi connectivity index (χ1n) is 7.33. The molecule has 0 heterocycles. The van der Waals surface area contributed by atoms with Gasteiger partial charge in [0, 0.05) is 5.03 Å². The first-order chi connectivity index (χ1) is 10.2. The Bertz CT molecular complexity index is 735. The van der Waals surface area contributed by atoms with Crippen LogP contribution in [0.2, 0.25) is 0 Å². The quantitative estimate of drug-likeness (QED) is 0.864. The molecule has 1 aromatic carbocycles. The summed E-state index contributed by atoms with van der Waals surface area (Å²) in [4.78, 5) is 0. The third-order valence-electron chi connectivity index (χ3n) is 4.15. The molecule has 3 nitrogen and oxygen atoms in total. The minimum atomic E-state index is -3.64. The second kappa shape index (κ2) is 6.09. The van der Waals surface area contributed by atoms with Crippen LogP contribution in [-0.2, 0) is 10.0 Å². The summed E-state index contributed by atoms with van der Waals surface area (Å²) in [5, 5.41) is 0.332. The molecule has 5 heteroatoms. The average molecular weight is 340 g/mol. The maximum Gasteiger partial charge on any atom is 0.243 e. The maximum atomic E-state index is 12.8. The zero-order chi connectivity index (χ0) is 16.5. The summed E-state index contributed by atoms with van der Waals surface area (Å²) in [6.45, 7) is 7.77. The smallest absolute Gasteiger partial charge is 0.243 e. The van der Waals surface area contributed by atoms with Crippen LogP contribution < -0.4 is 4.72 Å². The van der Waals surface area contributed by atoms with Gasteiger partial charge in [-0.25, -0.2) is 8.42 Å². The van der Waals surface area contributed by atoms with Crippen molar-refractivity contribution in [2.75, 3.05) is 4.72 Å². The number of halogens is 1. The molecule has 0 aromatic heterocycles. The largest absolute Gasteiger partial charge is 0.283 e. The second-order valence-corrected chi connectivity index (χ2v) is 8.73. The fourth-order valence-electron chi connectivity index (χ4n) is 2.38. The van der Waals surface area contributed by atoms with Crippen LogP contribution in [0.4, 0.5) is 5.69 Å². The molecule has 22 heavy (non-hydrogen) atoms. The molecule has 1 N–H and O–H groups in total. The lowest BCUT2D eigenvalue weighted by Gasteiger charge is -2.30. The molecule has 0 saturated heterocycles. The van der Waals surface area contributed by atoms with Crippen molar-refractivity contribution in [3.63, 3.8) is 0 Å². The van der Waals surface area contributed by atoms with Crippen molar-refractivity contribution in [3.8, 4) is 0 Å². The predicted octanol–water partition coefficient (Wildman–Crippen LogP) is 4.70. The van der Waals surface area contributed by atoms with Gasteiger partial charge in [0.2, 0.25) is 10.0 Å². The molecule has 0 radical (unpaired) electrons. The second-order valence-electron chi connectivity index (χ2n) is 6.21. The molecule has 0 saturated carbocycles. The van der Waals surface area contributed by atoms with Gasteiger partial charge in [-0.15, -0.1) is 0 Å². The zero-order valence-electron chi connectivity index (χ0n) is 13.4. The van der Waals surface area contributed by atoms with Crippen LogP contribution in [0, 0.1) is 6.92 Å². The fourth-order valence-corrected chi connectivity index (χ4v) is 4.21. The maximum absolute atomic E-state index is 12.8. The van der Waals surface area contributed by atoms with E-state index in [0.717, 1.165) is 5.56 Å². The van der Waals surface area contributed by atoms with Crippen molar-refractivity contribution in [1.29, 1.82) is 0 Å². The highest BCUT2D eigenvalue weighted by atomic mass is 35.5. The number of allylic oxidation sites excluding steroid dienone is 3. The summed E-state index contributed by atoms with van der Waals surface area (Å²) in [6.07, 6.45) is 5.60. The summed E-state index contributed by atoms with van der Waals surface area (Å²) in [6, 6.07) is 5.79. The summed E-state index contributed by atoms with van der Waals surface area (Å²) in [7, 11) is -3.64. The van der Waals surface area contributed by atoms with E-state index in [2.05, 4.69) is 18.6 Å². The predicted molar refractivity (Wildman–Crippen MR) is 93.9 cm³/mol. The van der Waals surface area contributed by atoms with Gasteiger partial charge >= 0.3 is 0 Å². The van der Waals surface area contributed by atoms with Crippen LogP contribution >= 0.6 is 11.6 Å². The van der Waals surface area contributed by atoms with E-state index in [1.54, 1.807) is 19.1 Å². The van der Waals surface area contributed by atoms with Crippen molar-refractivity contribution >= 4 is 27.3 Å². The van der Waals surface area contributed by atoms with Gasteiger partial charge in [-0.1, -0.05) is 49.7 Å². The van der Waals surface area contributed by atoms with E-state index < -0.39 is 14.8 Å². The summed E-state index contributed by atoms with van der Waals surface area (Å²) >= 11 is 6.17. The lowest BCUT2D eigenvalue weighted by molar-refractivity contribution is 0.566. The number of hydrogen-bond donors (Lipinski definition) is 1. The molecule has 0 aliphatic heterocycles. The SMILES string of the molecule is Cc1cc(C(C)C)ccc1NS(=O)(=O)[C@]1(C)CC=CC=C1Cl. The van der Waals surface area contributed by atoms with E-state index in [4.69, 9.17) is 11.6 Å². The lowest BCUT2D eigenvalue weighted by atomic mass is 10.0. The van der Waals surface area contributed by atoms with Crippen molar-refractivity contribution in [2.24, 2.45) is 0 Å². The van der Waals surface area contributed by atoms with Gasteiger partial charge in [-0.3, -0.25) is 4.72 Å². The topological polar surface area (TPSA) is 46.2 Å². The molecule has 1 aliphatic rings. The number of rotatable bonds is 4. The first-order valence-corrected chi connectivity index (χ1v) is 9.19. The molecule has 1 aliphatic carbocycles. The van der Waals surface area contributed by atoms with Crippen LogP contribution in [0.1, 0.15) is 44.2 Å². The Labute approximate surface area is 138 Å². The Morgan fingerprint density at radius 2 is 2.00 bits per heavy atom. The molecule has 1 aromatic rings. The highest BCUT2D eigenvalue weighted by Gasteiger charge is 2.42. The molecule has 0 unspecified atom stereocenters. The van der Waals surface area contributed by atoms with E-state index in [1.807, 2.05) is 31.2 Å². The van der Waals surface area contributed by atoms with Gasteiger partial charge in [-0.05, 0) is 49.5 Å². The van der Waals surface area contributed by atoms with Crippen LogP contribution in [0.15, 0.2) is 41.5 Å². The van der Waals surface area contributed by atoms with Crippen LogP contribution in [0.5, 0.6) is 0 Å². The van der Waals surface area contributed by atoms with Crippen molar-refractivity contribution < 1.29 is 8.42 Å². The molecule has 0 amide bonds.